The molecule has 4 rings (SSSR count). The number of benzene rings is 1. The number of furan rings is 1. The van der Waals surface area contributed by atoms with Crippen molar-refractivity contribution in [2.75, 3.05) is 0 Å². The van der Waals surface area contributed by atoms with Crippen molar-refractivity contribution in [3.8, 4) is 11.6 Å². The van der Waals surface area contributed by atoms with Crippen molar-refractivity contribution in [2.24, 2.45) is 5.10 Å². The molecule has 1 atom stereocenters. The third kappa shape index (κ3) is 2.96. The van der Waals surface area contributed by atoms with E-state index in [1.807, 2.05) is 31.2 Å². The first-order chi connectivity index (χ1) is 12.1. The maximum atomic E-state index is 11.3. The molecule has 126 valence electrons. The smallest absolute Gasteiger partial charge is 0.304 e. The van der Waals surface area contributed by atoms with Gasteiger partial charge in [-0.05, 0) is 24.6 Å². The van der Waals surface area contributed by atoms with Crippen LogP contribution in [-0.4, -0.2) is 36.9 Å². The first kappa shape index (κ1) is 15.6. The van der Waals surface area contributed by atoms with E-state index < -0.39 is 5.97 Å². The number of carboxylic acid groups (broad SMARTS) is 1. The number of rotatable bonds is 4. The van der Waals surface area contributed by atoms with Gasteiger partial charge in [-0.2, -0.15) is 9.78 Å². The molecule has 0 radical (unpaired) electrons. The molecule has 0 saturated heterocycles. The van der Waals surface area contributed by atoms with Crippen LogP contribution in [0.5, 0.6) is 0 Å². The summed E-state index contributed by atoms with van der Waals surface area (Å²) in [5, 5.41) is 22.4. The number of carboxylic acids is 1. The molecule has 0 unspecified atom stereocenters. The summed E-state index contributed by atoms with van der Waals surface area (Å²) in [6.45, 7) is 2.00. The van der Waals surface area contributed by atoms with Crippen LogP contribution in [0.3, 0.4) is 0 Å². The van der Waals surface area contributed by atoms with Gasteiger partial charge in [-0.15, -0.1) is 10.2 Å². The molecule has 25 heavy (non-hydrogen) atoms. The lowest BCUT2D eigenvalue weighted by Crippen LogP contribution is -2.27. The summed E-state index contributed by atoms with van der Waals surface area (Å²) in [4.78, 5) is 11.3. The molecule has 0 fully saturated rings. The van der Waals surface area contributed by atoms with Gasteiger partial charge in [0.05, 0.1) is 23.6 Å². The van der Waals surface area contributed by atoms with Crippen LogP contribution in [0.25, 0.3) is 11.6 Å². The minimum absolute atomic E-state index is 0.0413. The molecule has 0 amide bonds. The van der Waals surface area contributed by atoms with Crippen molar-refractivity contribution >= 4 is 23.4 Å². The van der Waals surface area contributed by atoms with E-state index in [0.29, 0.717) is 22.5 Å². The number of aryl methyl sites for hydroxylation is 1. The van der Waals surface area contributed by atoms with E-state index in [1.165, 1.54) is 11.8 Å². The minimum Gasteiger partial charge on any atom is -0.481 e. The second-order valence-corrected chi connectivity index (χ2v) is 6.82. The van der Waals surface area contributed by atoms with Crippen molar-refractivity contribution in [1.82, 2.24) is 14.9 Å². The average Bonchev–Trinajstić information content (AvgIpc) is 3.23. The van der Waals surface area contributed by atoms with Crippen LogP contribution >= 0.6 is 11.8 Å². The second-order valence-electron chi connectivity index (χ2n) is 5.65. The Morgan fingerprint density at radius 2 is 2.08 bits per heavy atom. The lowest BCUT2D eigenvalue weighted by molar-refractivity contribution is -0.136. The maximum absolute atomic E-state index is 11.3. The molecule has 3 heterocycles. The highest BCUT2D eigenvalue weighted by Crippen LogP contribution is 2.34. The minimum atomic E-state index is -0.878. The van der Waals surface area contributed by atoms with Crippen molar-refractivity contribution in [1.29, 1.82) is 0 Å². The molecule has 0 aliphatic carbocycles. The van der Waals surface area contributed by atoms with Crippen LogP contribution in [-0.2, 0) is 4.79 Å². The van der Waals surface area contributed by atoms with Crippen LogP contribution in [0.4, 0.5) is 0 Å². The fourth-order valence-electron chi connectivity index (χ4n) is 2.61. The molecular formula is C17H14N4O3S. The second kappa shape index (κ2) is 6.21. The van der Waals surface area contributed by atoms with Gasteiger partial charge in [0.2, 0.25) is 11.0 Å². The predicted octanol–water partition coefficient (Wildman–Crippen LogP) is 3.05. The number of hydrogen-bond donors (Lipinski definition) is 1. The number of thioether (sulfide) groups is 1. The number of aliphatic carboxylic acids is 1. The third-order valence-corrected chi connectivity index (χ3v) is 4.96. The number of fused-ring (bicyclic) bond motifs is 1. The Morgan fingerprint density at radius 3 is 2.76 bits per heavy atom. The number of aromatic nitrogens is 3. The van der Waals surface area contributed by atoms with E-state index in [9.17, 15) is 9.90 Å². The highest BCUT2D eigenvalue weighted by molar-refractivity contribution is 8.00. The zero-order valence-corrected chi connectivity index (χ0v) is 14.1. The van der Waals surface area contributed by atoms with E-state index in [4.69, 9.17) is 4.42 Å². The fourth-order valence-corrected chi connectivity index (χ4v) is 3.70. The summed E-state index contributed by atoms with van der Waals surface area (Å²) < 4.78 is 7.00. The van der Waals surface area contributed by atoms with Crippen molar-refractivity contribution in [3.05, 3.63) is 53.8 Å². The first-order valence-electron chi connectivity index (χ1n) is 7.65. The van der Waals surface area contributed by atoms with E-state index >= 15 is 0 Å². The molecule has 0 saturated carbocycles. The van der Waals surface area contributed by atoms with Crippen LogP contribution in [0.15, 0.2) is 57.3 Å². The summed E-state index contributed by atoms with van der Waals surface area (Å²) >= 11 is 1.35. The van der Waals surface area contributed by atoms with Gasteiger partial charge in [0, 0.05) is 0 Å². The molecule has 1 aromatic carbocycles. The molecule has 0 bridgehead atoms. The largest absolute Gasteiger partial charge is 0.481 e. The Hall–Kier alpha value is -2.87. The molecule has 8 heteroatoms. The van der Waals surface area contributed by atoms with Gasteiger partial charge < -0.3 is 9.52 Å². The lowest BCUT2D eigenvalue weighted by Gasteiger charge is -2.21. The van der Waals surface area contributed by atoms with Crippen LogP contribution in [0, 0.1) is 6.92 Å². The van der Waals surface area contributed by atoms with E-state index in [1.54, 1.807) is 23.1 Å². The molecule has 1 aliphatic heterocycles. The third-order valence-electron chi connectivity index (χ3n) is 3.82. The van der Waals surface area contributed by atoms with Gasteiger partial charge in [-0.3, -0.25) is 4.79 Å². The Balaban J connectivity index is 1.82. The van der Waals surface area contributed by atoms with Crippen LogP contribution < -0.4 is 0 Å². The number of carbonyl (C=O) groups is 1. The molecule has 2 aromatic heterocycles. The summed E-state index contributed by atoms with van der Waals surface area (Å²) in [5.74, 6) is 0.172. The zero-order valence-electron chi connectivity index (χ0n) is 13.3. The van der Waals surface area contributed by atoms with Gasteiger partial charge in [-0.1, -0.05) is 41.6 Å². The standard InChI is InChI=1S/C17H14N4O3S/c1-10-4-6-11(7-5-10)15-13(9-14(22)23)25-17-19-18-16(21(17)20-15)12-3-2-8-24-12/h2-8,13H,9H2,1H3,(H,22,23)/t13-/m0/s1. The quantitative estimate of drug-likeness (QED) is 0.774. The predicted molar refractivity (Wildman–Crippen MR) is 92.7 cm³/mol. The highest BCUT2D eigenvalue weighted by atomic mass is 32.2. The zero-order chi connectivity index (χ0) is 17.4. The normalized spacial score (nSPS) is 16.4. The van der Waals surface area contributed by atoms with Crippen molar-refractivity contribution in [2.45, 2.75) is 23.8 Å². The Morgan fingerprint density at radius 1 is 1.28 bits per heavy atom. The summed E-state index contributed by atoms with van der Waals surface area (Å²) in [7, 11) is 0. The van der Waals surface area contributed by atoms with E-state index in [2.05, 4.69) is 15.3 Å². The Kier molecular flexibility index (Phi) is 3.89. The number of nitrogens with zero attached hydrogens (tertiary/aromatic N) is 4. The monoisotopic (exact) mass is 354 g/mol. The fraction of sp³-hybridized carbons (Fsp3) is 0.176. The van der Waals surface area contributed by atoms with Gasteiger partial charge >= 0.3 is 5.97 Å². The van der Waals surface area contributed by atoms with Gasteiger partial charge in [0.25, 0.3) is 0 Å². The molecule has 1 N–H and O–H groups in total. The Bertz CT molecular complexity index is 945. The number of hydrogen-bond acceptors (Lipinski definition) is 6. The summed E-state index contributed by atoms with van der Waals surface area (Å²) in [6, 6.07) is 11.4. The lowest BCUT2D eigenvalue weighted by atomic mass is 10.0. The molecule has 3 aromatic rings. The van der Waals surface area contributed by atoms with Crippen LogP contribution in [0.2, 0.25) is 0 Å². The average molecular weight is 354 g/mol. The van der Waals surface area contributed by atoms with E-state index in [-0.39, 0.29) is 11.7 Å². The highest BCUT2D eigenvalue weighted by Gasteiger charge is 2.31. The molecule has 7 nitrogen and oxygen atoms in total. The van der Waals surface area contributed by atoms with Crippen LogP contribution in [0.1, 0.15) is 17.5 Å². The van der Waals surface area contributed by atoms with Crippen molar-refractivity contribution < 1.29 is 14.3 Å². The SMILES string of the molecule is Cc1ccc(C2=Nn3c(nnc3-c3ccco3)S[C@H]2CC(=O)O)cc1. The van der Waals surface area contributed by atoms with E-state index in [0.717, 1.165) is 11.1 Å². The molecule has 1 aliphatic rings. The Labute approximate surface area is 147 Å². The van der Waals surface area contributed by atoms with Gasteiger partial charge in [0.1, 0.15) is 0 Å². The summed E-state index contributed by atoms with van der Waals surface area (Å²) in [5.41, 5.74) is 2.70. The van der Waals surface area contributed by atoms with Gasteiger partial charge in [-0.25, -0.2) is 0 Å². The van der Waals surface area contributed by atoms with Gasteiger partial charge in [0.15, 0.2) is 5.76 Å². The summed E-state index contributed by atoms with van der Waals surface area (Å²) in [6.07, 6.45) is 1.52. The molecule has 0 spiro atoms. The maximum Gasteiger partial charge on any atom is 0.304 e. The van der Waals surface area contributed by atoms with Crippen molar-refractivity contribution in [3.63, 3.8) is 0 Å². The first-order valence-corrected chi connectivity index (χ1v) is 8.53. The topological polar surface area (TPSA) is 93.5 Å². The molecular weight excluding hydrogens is 340 g/mol.